The van der Waals surface area contributed by atoms with Gasteiger partial charge >= 0.3 is 0 Å². The second kappa shape index (κ2) is 6.36. The third-order valence-corrected chi connectivity index (χ3v) is 5.29. The molecule has 1 atom stereocenters. The summed E-state index contributed by atoms with van der Waals surface area (Å²) in [5.74, 6) is 0.929. The number of piperidine rings is 1. The second-order valence-corrected chi connectivity index (χ2v) is 6.49. The molecule has 106 valence electrons. The highest BCUT2D eigenvalue weighted by atomic mass is 15.2. The molecule has 2 N–H and O–H groups in total. The lowest BCUT2D eigenvalue weighted by atomic mass is 9.89. The van der Waals surface area contributed by atoms with Crippen LogP contribution in [0.25, 0.3) is 0 Å². The van der Waals surface area contributed by atoms with Crippen LogP contribution in [-0.4, -0.2) is 54.6 Å². The lowest BCUT2D eigenvalue weighted by Gasteiger charge is -2.44. The van der Waals surface area contributed by atoms with Crippen LogP contribution >= 0.6 is 0 Å². The van der Waals surface area contributed by atoms with E-state index in [0.29, 0.717) is 0 Å². The smallest absolute Gasteiger partial charge is 0.0300 e. The first-order valence-electron chi connectivity index (χ1n) is 7.85. The second-order valence-electron chi connectivity index (χ2n) is 6.49. The van der Waals surface area contributed by atoms with E-state index in [0.717, 1.165) is 12.5 Å². The zero-order chi connectivity index (χ0) is 13.0. The van der Waals surface area contributed by atoms with Gasteiger partial charge in [-0.1, -0.05) is 6.92 Å². The molecule has 3 heteroatoms. The van der Waals surface area contributed by atoms with Crippen molar-refractivity contribution in [1.82, 2.24) is 9.80 Å². The van der Waals surface area contributed by atoms with E-state index in [-0.39, 0.29) is 5.54 Å². The van der Waals surface area contributed by atoms with Crippen LogP contribution in [0.2, 0.25) is 0 Å². The Labute approximate surface area is 113 Å². The Morgan fingerprint density at radius 3 is 2.22 bits per heavy atom. The fraction of sp³-hybridized carbons (Fsp3) is 1.00. The third kappa shape index (κ3) is 3.25. The Balaban J connectivity index is 1.76. The Morgan fingerprint density at radius 2 is 1.72 bits per heavy atom. The van der Waals surface area contributed by atoms with Gasteiger partial charge in [0.05, 0.1) is 0 Å². The summed E-state index contributed by atoms with van der Waals surface area (Å²) in [5.41, 5.74) is 6.20. The molecule has 2 heterocycles. The summed E-state index contributed by atoms with van der Waals surface area (Å²) in [7, 11) is 0. The van der Waals surface area contributed by atoms with Crippen LogP contribution in [0.4, 0.5) is 0 Å². The molecule has 0 amide bonds. The van der Waals surface area contributed by atoms with Gasteiger partial charge in [0.1, 0.15) is 0 Å². The predicted octanol–water partition coefficient (Wildman–Crippen LogP) is 1.92. The van der Waals surface area contributed by atoms with Crippen LogP contribution in [0.1, 0.15) is 46.0 Å². The third-order valence-electron chi connectivity index (χ3n) is 5.29. The first kappa shape index (κ1) is 14.3. The first-order chi connectivity index (χ1) is 8.68. The minimum absolute atomic E-state index is 0.235. The number of nitrogens with two attached hydrogens (primary N) is 1. The molecule has 0 aromatic rings. The Morgan fingerprint density at radius 1 is 1.11 bits per heavy atom. The average molecular weight is 253 g/mol. The molecular formula is C15H31N3. The number of hydrogen-bond donors (Lipinski definition) is 1. The van der Waals surface area contributed by atoms with Crippen molar-refractivity contribution in [3.05, 3.63) is 0 Å². The van der Waals surface area contributed by atoms with E-state index < -0.39 is 0 Å². The van der Waals surface area contributed by atoms with E-state index in [4.69, 9.17) is 5.73 Å². The largest absolute Gasteiger partial charge is 0.329 e. The molecule has 1 unspecified atom stereocenters. The van der Waals surface area contributed by atoms with Gasteiger partial charge in [-0.25, -0.2) is 0 Å². The molecule has 0 spiro atoms. The van der Waals surface area contributed by atoms with Crippen molar-refractivity contribution < 1.29 is 0 Å². The Hall–Kier alpha value is -0.120. The SMILES string of the molecule is CCC(C)(CN)N1CCC(CN2CCCC2)CC1. The summed E-state index contributed by atoms with van der Waals surface area (Å²) in [6.45, 7) is 11.9. The zero-order valence-corrected chi connectivity index (χ0v) is 12.3. The molecule has 2 aliphatic heterocycles. The molecule has 18 heavy (non-hydrogen) atoms. The van der Waals surface area contributed by atoms with E-state index in [9.17, 15) is 0 Å². The van der Waals surface area contributed by atoms with Crippen LogP contribution in [0.3, 0.4) is 0 Å². The topological polar surface area (TPSA) is 32.5 Å². The molecule has 0 radical (unpaired) electrons. The summed E-state index contributed by atoms with van der Waals surface area (Å²) in [5, 5.41) is 0. The van der Waals surface area contributed by atoms with Gasteiger partial charge < -0.3 is 10.6 Å². The fourth-order valence-electron chi connectivity index (χ4n) is 3.48. The molecule has 0 aromatic heterocycles. The molecule has 0 saturated carbocycles. The number of likely N-dealkylation sites (tertiary alicyclic amines) is 2. The van der Waals surface area contributed by atoms with Gasteiger partial charge in [0.15, 0.2) is 0 Å². The lowest BCUT2D eigenvalue weighted by molar-refractivity contribution is 0.0570. The van der Waals surface area contributed by atoms with Crippen molar-refractivity contribution in [2.45, 2.75) is 51.5 Å². The quantitative estimate of drug-likeness (QED) is 0.812. The number of nitrogens with zero attached hydrogens (tertiary/aromatic N) is 2. The van der Waals surface area contributed by atoms with Crippen molar-refractivity contribution in [2.75, 3.05) is 39.3 Å². The lowest BCUT2D eigenvalue weighted by Crippen LogP contribution is -2.54. The molecule has 2 saturated heterocycles. The monoisotopic (exact) mass is 253 g/mol. The highest BCUT2D eigenvalue weighted by molar-refractivity contribution is 4.89. The van der Waals surface area contributed by atoms with Crippen LogP contribution in [0.5, 0.6) is 0 Å². The van der Waals surface area contributed by atoms with Crippen LogP contribution in [0, 0.1) is 5.92 Å². The van der Waals surface area contributed by atoms with Gasteiger partial charge in [-0.2, -0.15) is 0 Å². The minimum atomic E-state index is 0.235. The maximum Gasteiger partial charge on any atom is 0.0300 e. The summed E-state index contributed by atoms with van der Waals surface area (Å²) in [6, 6.07) is 0. The van der Waals surface area contributed by atoms with Crippen LogP contribution in [0.15, 0.2) is 0 Å². The van der Waals surface area contributed by atoms with E-state index >= 15 is 0 Å². The Bertz CT molecular complexity index is 236. The van der Waals surface area contributed by atoms with Gasteiger partial charge in [-0.05, 0) is 71.1 Å². The van der Waals surface area contributed by atoms with Gasteiger partial charge in [0.25, 0.3) is 0 Å². The van der Waals surface area contributed by atoms with E-state index in [1.807, 2.05) is 0 Å². The van der Waals surface area contributed by atoms with Gasteiger partial charge in [-0.15, -0.1) is 0 Å². The molecule has 3 nitrogen and oxygen atoms in total. The van der Waals surface area contributed by atoms with Gasteiger partial charge in [0.2, 0.25) is 0 Å². The van der Waals surface area contributed by atoms with Crippen molar-refractivity contribution in [1.29, 1.82) is 0 Å². The summed E-state index contributed by atoms with van der Waals surface area (Å²) < 4.78 is 0. The minimum Gasteiger partial charge on any atom is -0.329 e. The molecule has 0 bridgehead atoms. The predicted molar refractivity (Wildman–Crippen MR) is 77.7 cm³/mol. The van der Waals surface area contributed by atoms with E-state index in [2.05, 4.69) is 23.6 Å². The molecule has 2 aliphatic rings. The first-order valence-corrected chi connectivity index (χ1v) is 7.85. The molecule has 2 rings (SSSR count). The average Bonchev–Trinajstić information content (AvgIpc) is 2.91. The van der Waals surface area contributed by atoms with E-state index in [1.54, 1.807) is 0 Å². The zero-order valence-electron chi connectivity index (χ0n) is 12.3. The molecule has 0 aliphatic carbocycles. The normalized spacial score (nSPS) is 27.5. The Kier molecular flexibility index (Phi) is 5.05. The van der Waals surface area contributed by atoms with Crippen LogP contribution in [-0.2, 0) is 0 Å². The van der Waals surface area contributed by atoms with E-state index in [1.165, 1.54) is 64.8 Å². The standard InChI is InChI=1S/C15H31N3/c1-3-15(2,13-16)18-10-6-14(7-11-18)12-17-8-4-5-9-17/h14H,3-13,16H2,1-2H3. The summed E-state index contributed by atoms with van der Waals surface area (Å²) in [6.07, 6.45) is 6.73. The van der Waals surface area contributed by atoms with Crippen molar-refractivity contribution in [2.24, 2.45) is 11.7 Å². The molecule has 2 fully saturated rings. The van der Waals surface area contributed by atoms with Gasteiger partial charge in [-0.3, -0.25) is 4.90 Å². The van der Waals surface area contributed by atoms with Crippen molar-refractivity contribution in [3.8, 4) is 0 Å². The molecular weight excluding hydrogens is 222 g/mol. The maximum atomic E-state index is 5.97. The maximum absolute atomic E-state index is 5.97. The summed E-state index contributed by atoms with van der Waals surface area (Å²) in [4.78, 5) is 5.30. The number of rotatable bonds is 5. The fourth-order valence-corrected chi connectivity index (χ4v) is 3.48. The van der Waals surface area contributed by atoms with Crippen molar-refractivity contribution in [3.63, 3.8) is 0 Å². The highest BCUT2D eigenvalue weighted by Crippen LogP contribution is 2.27. The van der Waals surface area contributed by atoms with Crippen molar-refractivity contribution >= 4 is 0 Å². The molecule has 0 aromatic carbocycles. The number of hydrogen-bond acceptors (Lipinski definition) is 3. The van der Waals surface area contributed by atoms with Crippen LogP contribution < -0.4 is 5.73 Å². The highest BCUT2D eigenvalue weighted by Gasteiger charge is 2.32. The summed E-state index contributed by atoms with van der Waals surface area (Å²) >= 11 is 0. The van der Waals surface area contributed by atoms with Gasteiger partial charge in [0, 0.05) is 18.6 Å².